The Kier molecular flexibility index (Phi) is 53.3. The summed E-state index contributed by atoms with van der Waals surface area (Å²) in [6.07, 6.45) is 0. The third-order valence-corrected chi connectivity index (χ3v) is 0. The molecule has 0 rings (SSSR count). The molecule has 0 fully saturated rings. The first-order valence-electron chi connectivity index (χ1n) is 0.458. The van der Waals surface area contributed by atoms with Gasteiger partial charge in [-0.1, -0.05) is 5.84 Å². The van der Waals surface area contributed by atoms with Gasteiger partial charge in [-0.3, -0.25) is 0 Å². The van der Waals surface area contributed by atoms with Crippen LogP contribution in [0.1, 0.15) is 0 Å². The molecule has 0 radical (unpaired) electrons. The maximum Gasteiger partial charge on any atom is 0.300 e. The van der Waals surface area contributed by atoms with Crippen LogP contribution in [0.5, 0.6) is 0 Å². The molecule has 3 nitrogen and oxygen atoms in total. The van der Waals surface area contributed by atoms with Gasteiger partial charge in [0.25, 0.3) is 10.5 Å². The largest absolute Gasteiger partial charge is 1.00 e. The minimum Gasteiger partial charge on any atom is -1.00 e. The van der Waals surface area contributed by atoms with Gasteiger partial charge in [0.2, 0.25) is 0 Å². The molecule has 0 heterocycles. The fourth-order valence-electron chi connectivity index (χ4n) is 0. The van der Waals surface area contributed by atoms with E-state index in [1.54, 1.807) is 0 Å². The van der Waals surface area contributed by atoms with Crippen molar-refractivity contribution in [3.63, 3.8) is 0 Å². The molecule has 2 N–H and O–H groups in total. The third-order valence-electron chi connectivity index (χ3n) is 0. The van der Waals surface area contributed by atoms with Crippen LogP contribution < -0.4 is 18.2 Å². The molecule has 0 atom stereocenters. The van der Waals surface area contributed by atoms with Gasteiger partial charge in [-0.2, -0.15) is 0 Å². The Morgan fingerprint density at radius 3 is 1.75 bits per heavy atom. The molecule has 0 saturated carbocycles. The Labute approximate surface area is 29.8 Å². The molecule has 0 amide bonds. The molecule has 4 heavy (non-hydrogen) atoms. The third kappa shape index (κ3) is 1.64. The van der Waals surface area contributed by atoms with Crippen molar-refractivity contribution < 1.29 is 12.4 Å². The number of nitrogens with zero attached hydrogens (tertiary/aromatic N) is 2. The first-order chi connectivity index (χ1) is 1.41. The second-order valence-electron chi connectivity index (χ2n) is 0.115. The van der Waals surface area contributed by atoms with Gasteiger partial charge in [-0.25, -0.2) is 0 Å². The molecule has 0 aliphatic carbocycles. The highest BCUT2D eigenvalue weighted by Gasteiger charge is 1.33. The highest BCUT2D eigenvalue weighted by Crippen LogP contribution is 1.08. The van der Waals surface area contributed by atoms with E-state index in [4.69, 9.17) is 5.39 Å². The lowest BCUT2D eigenvalue weighted by molar-refractivity contribution is -0.00000104. The number of hydrogen-bond donors (Lipinski definition) is 1. The average molecular weight is 79.5 g/mol. The van der Waals surface area contributed by atoms with E-state index in [1.165, 1.54) is 0 Å². The summed E-state index contributed by atoms with van der Waals surface area (Å²) in [5, 5.41) is 8.97. The van der Waals surface area contributed by atoms with E-state index in [9.17, 15) is 0 Å². The molecule has 0 aromatic heterocycles. The van der Waals surface area contributed by atoms with Crippen molar-refractivity contribution in [2.45, 2.75) is 0 Å². The summed E-state index contributed by atoms with van der Waals surface area (Å²) in [6.45, 7) is 0. The zero-order valence-electron chi connectivity index (χ0n) is 1.85. The van der Waals surface area contributed by atoms with Gasteiger partial charge < -0.3 is 12.4 Å². The molecule has 0 aliphatic heterocycles. The van der Waals surface area contributed by atoms with Gasteiger partial charge in [-0.15, -0.1) is 0 Å². The van der Waals surface area contributed by atoms with Crippen molar-refractivity contribution in [3.05, 3.63) is 5.08 Å². The summed E-state index contributed by atoms with van der Waals surface area (Å²) in [5.74, 6) is 4.03. The first-order valence-corrected chi connectivity index (χ1v) is 0.458. The molecule has 0 aromatic carbocycles. The van der Waals surface area contributed by atoms with Crippen molar-refractivity contribution in [1.82, 2.24) is 0 Å². The van der Waals surface area contributed by atoms with Gasteiger partial charge in [0, 0.05) is 0 Å². The fraction of sp³-hybridized carbons (Fsp3) is 0. The number of rotatable bonds is 0. The van der Waals surface area contributed by atoms with Crippen LogP contribution in [-0.2, 0) is 0 Å². The molecule has 0 spiro atoms. The molecule has 0 aliphatic rings. The van der Waals surface area contributed by atoms with Crippen LogP contribution in [0.3, 0.4) is 0 Å². The minimum atomic E-state index is 0. The second-order valence-corrected chi connectivity index (χ2v) is 0.115. The van der Waals surface area contributed by atoms with Crippen molar-refractivity contribution >= 4 is 0 Å². The topological polar surface area (TPSA) is 54.2 Å². The molecule has 0 bridgehead atoms. The fourth-order valence-corrected chi connectivity index (χ4v) is 0. The van der Waals surface area contributed by atoms with Crippen LogP contribution in [0.15, 0.2) is 0 Å². The Balaban J connectivity index is 0. The van der Waals surface area contributed by atoms with Crippen LogP contribution in [0, 0.1) is 5.39 Å². The maximum atomic E-state index is 6.97. The Bertz CT molecular complexity index is 24.8. The van der Waals surface area contributed by atoms with Gasteiger partial charge >= 0.3 is 0 Å². The summed E-state index contributed by atoms with van der Waals surface area (Å²) in [4.78, 5) is 0. The SMILES string of the molecule is N#[N+]N.[Cl-]. The number of halogens is 1. The van der Waals surface area contributed by atoms with Crippen molar-refractivity contribution in [1.29, 1.82) is 5.39 Å². The average Bonchev–Trinajstić information content (AvgIpc) is 0.918. The lowest BCUT2D eigenvalue weighted by Crippen LogP contribution is -3.00. The molecule has 0 saturated heterocycles. The van der Waals surface area contributed by atoms with Gasteiger partial charge in [0.15, 0.2) is 0 Å². The Hall–Kier alpha value is -0.490. The van der Waals surface area contributed by atoms with E-state index in [0.29, 0.717) is 0 Å². The zero-order valence-corrected chi connectivity index (χ0v) is 2.61. The van der Waals surface area contributed by atoms with Crippen LogP contribution in [0.2, 0.25) is 0 Å². The molecular formula is H2ClN3. The van der Waals surface area contributed by atoms with Gasteiger partial charge in [-0.05, 0) is 0 Å². The second kappa shape index (κ2) is 22.0. The molecule has 4 heteroatoms. The highest BCUT2D eigenvalue weighted by atomic mass is 35.5. The van der Waals surface area contributed by atoms with Gasteiger partial charge in [0.1, 0.15) is 0 Å². The van der Waals surface area contributed by atoms with Crippen LogP contribution >= 0.6 is 0 Å². The predicted molar refractivity (Wildman–Crippen MR) is 9.27 cm³/mol. The lowest BCUT2D eigenvalue weighted by atomic mass is 12.9. The molecule has 0 aromatic rings. The summed E-state index contributed by atoms with van der Waals surface area (Å²) < 4.78 is 0. The smallest absolute Gasteiger partial charge is 0.300 e. The van der Waals surface area contributed by atoms with E-state index in [2.05, 4.69) is 5.84 Å². The summed E-state index contributed by atoms with van der Waals surface area (Å²) in [6, 6.07) is 0. The van der Waals surface area contributed by atoms with Crippen LogP contribution in [0.25, 0.3) is 5.08 Å². The van der Waals surface area contributed by atoms with E-state index >= 15 is 0 Å². The Morgan fingerprint density at radius 2 is 1.75 bits per heavy atom. The number of hydrogen-bond acceptors (Lipinski definition) is 2. The van der Waals surface area contributed by atoms with Crippen LogP contribution in [0.4, 0.5) is 0 Å². The first kappa shape index (κ1) is 9.70. The van der Waals surface area contributed by atoms with E-state index in [0.717, 1.165) is 0 Å². The van der Waals surface area contributed by atoms with Crippen molar-refractivity contribution in [3.8, 4) is 0 Å². The summed E-state index contributed by atoms with van der Waals surface area (Å²) in [5.41, 5.74) is 0. The van der Waals surface area contributed by atoms with E-state index in [1.807, 2.05) is 5.08 Å². The monoisotopic (exact) mass is 79.0 g/mol. The van der Waals surface area contributed by atoms with E-state index < -0.39 is 0 Å². The molecule has 0 unspecified atom stereocenters. The van der Waals surface area contributed by atoms with Crippen LogP contribution in [-0.4, -0.2) is 0 Å². The normalized spacial score (nSPS) is 1.75. The quantitative estimate of drug-likeness (QED) is 0.188. The van der Waals surface area contributed by atoms with Crippen molar-refractivity contribution in [2.75, 3.05) is 0 Å². The van der Waals surface area contributed by atoms with Crippen molar-refractivity contribution in [2.24, 2.45) is 5.84 Å². The summed E-state index contributed by atoms with van der Waals surface area (Å²) in [7, 11) is 0. The van der Waals surface area contributed by atoms with E-state index in [-0.39, 0.29) is 12.4 Å². The Morgan fingerprint density at radius 1 is 1.75 bits per heavy atom. The standard InChI is InChI=1S/ClH.H2N3/c;1-3-2/h1H;1H2/q;+1/p-1. The zero-order chi connectivity index (χ0) is 2.71. The highest BCUT2D eigenvalue weighted by molar-refractivity contribution is 4.06. The number of diazo groups is 1. The van der Waals surface area contributed by atoms with Gasteiger partial charge in [0.05, 0.1) is 0 Å². The molecule has 24 valence electrons. The summed E-state index contributed by atoms with van der Waals surface area (Å²) >= 11 is 0. The predicted octanol–water partition coefficient (Wildman–Crippen LogP) is -3.28. The maximum absolute atomic E-state index is 6.97. The molecular weight excluding hydrogens is 77.5 g/mol. The lowest BCUT2D eigenvalue weighted by Gasteiger charge is -1.01. The number of nitrogens with two attached hydrogens (primary N) is 1. The minimum absolute atomic E-state index is 0.